The summed E-state index contributed by atoms with van der Waals surface area (Å²) < 4.78 is 0. The molecule has 1 N–H and O–H groups in total. The van der Waals surface area contributed by atoms with Crippen molar-refractivity contribution in [2.75, 3.05) is 38.0 Å². The molecule has 0 aliphatic carbocycles. The van der Waals surface area contributed by atoms with Crippen LogP contribution < -0.4 is 5.32 Å². The molecule has 22 heavy (non-hydrogen) atoms. The summed E-state index contributed by atoms with van der Waals surface area (Å²) in [5.74, 6) is 6.26. The van der Waals surface area contributed by atoms with E-state index >= 15 is 0 Å². The van der Waals surface area contributed by atoms with Crippen LogP contribution in [0.3, 0.4) is 0 Å². The molecule has 118 valence electrons. The predicted octanol–water partition coefficient (Wildman–Crippen LogP) is 2.15. The quantitative estimate of drug-likeness (QED) is 0.865. The summed E-state index contributed by atoms with van der Waals surface area (Å²) in [5, 5.41) is 3.42. The molecule has 0 spiro atoms. The van der Waals surface area contributed by atoms with Crippen molar-refractivity contribution in [1.29, 1.82) is 0 Å². The maximum Gasteiger partial charge on any atom is 0.219 e. The van der Waals surface area contributed by atoms with Crippen LogP contribution in [0.5, 0.6) is 0 Å². The van der Waals surface area contributed by atoms with Gasteiger partial charge in [-0.15, -0.1) is 5.92 Å². The van der Waals surface area contributed by atoms with Crippen molar-refractivity contribution in [2.24, 2.45) is 0 Å². The third kappa shape index (κ3) is 4.25. The molecular formula is C18H25N3O. The summed E-state index contributed by atoms with van der Waals surface area (Å²) >= 11 is 0. The Labute approximate surface area is 133 Å². The van der Waals surface area contributed by atoms with E-state index in [1.807, 2.05) is 11.8 Å². The van der Waals surface area contributed by atoms with Crippen LogP contribution in [0.4, 0.5) is 5.69 Å². The van der Waals surface area contributed by atoms with Crippen molar-refractivity contribution in [3.8, 4) is 11.8 Å². The molecule has 1 aromatic rings. The number of hydrogen-bond acceptors (Lipinski definition) is 3. The number of carbonyl (C=O) groups excluding carboxylic acids is 1. The van der Waals surface area contributed by atoms with Crippen LogP contribution in [0.1, 0.15) is 31.9 Å². The molecule has 4 heteroatoms. The Kier molecular flexibility index (Phi) is 5.85. The number of anilines is 1. The number of piperazine rings is 1. The minimum absolute atomic E-state index is 0.174. The number of carbonyl (C=O) groups is 1. The van der Waals surface area contributed by atoms with Crippen LogP contribution in [0.15, 0.2) is 18.2 Å². The van der Waals surface area contributed by atoms with E-state index in [0.717, 1.165) is 44.8 Å². The Morgan fingerprint density at radius 1 is 1.27 bits per heavy atom. The Morgan fingerprint density at radius 3 is 2.59 bits per heavy atom. The first kappa shape index (κ1) is 16.4. The predicted molar refractivity (Wildman–Crippen MR) is 90.7 cm³/mol. The van der Waals surface area contributed by atoms with E-state index in [9.17, 15) is 4.79 Å². The lowest BCUT2D eigenvalue weighted by Crippen LogP contribution is -2.47. The average molecular weight is 299 g/mol. The van der Waals surface area contributed by atoms with Gasteiger partial charge in [0.1, 0.15) is 0 Å². The molecule has 0 unspecified atom stereocenters. The van der Waals surface area contributed by atoms with E-state index in [-0.39, 0.29) is 5.91 Å². The monoisotopic (exact) mass is 299 g/mol. The van der Waals surface area contributed by atoms with Gasteiger partial charge in [0.15, 0.2) is 0 Å². The zero-order chi connectivity index (χ0) is 15.9. The molecule has 0 saturated carbocycles. The van der Waals surface area contributed by atoms with Gasteiger partial charge < -0.3 is 10.2 Å². The summed E-state index contributed by atoms with van der Waals surface area (Å²) in [6.45, 7) is 10.9. The minimum Gasteiger partial charge on any atom is -0.385 e. The highest BCUT2D eigenvalue weighted by Crippen LogP contribution is 2.20. The molecule has 1 saturated heterocycles. The first-order valence-corrected chi connectivity index (χ1v) is 7.91. The van der Waals surface area contributed by atoms with E-state index in [0.29, 0.717) is 0 Å². The molecular weight excluding hydrogens is 274 g/mol. The van der Waals surface area contributed by atoms with Gasteiger partial charge in [-0.2, -0.15) is 0 Å². The molecule has 2 rings (SSSR count). The molecule has 1 aromatic carbocycles. The van der Waals surface area contributed by atoms with Gasteiger partial charge in [0, 0.05) is 57.4 Å². The molecule has 1 heterocycles. The topological polar surface area (TPSA) is 35.6 Å². The Hall–Kier alpha value is -1.99. The van der Waals surface area contributed by atoms with Crippen molar-refractivity contribution < 1.29 is 4.79 Å². The van der Waals surface area contributed by atoms with Gasteiger partial charge >= 0.3 is 0 Å². The smallest absolute Gasteiger partial charge is 0.219 e. The third-order valence-electron chi connectivity index (χ3n) is 3.95. The number of rotatable bonds is 4. The number of benzene rings is 1. The van der Waals surface area contributed by atoms with Gasteiger partial charge in [0.05, 0.1) is 0 Å². The van der Waals surface area contributed by atoms with Crippen molar-refractivity contribution in [3.63, 3.8) is 0 Å². The Balaban J connectivity index is 2.08. The number of nitrogens with one attached hydrogen (secondary N) is 1. The molecule has 0 bridgehead atoms. The first-order valence-electron chi connectivity index (χ1n) is 7.91. The first-order chi connectivity index (χ1) is 10.6. The van der Waals surface area contributed by atoms with Crippen LogP contribution in [-0.4, -0.2) is 48.4 Å². The van der Waals surface area contributed by atoms with Gasteiger partial charge in [-0.1, -0.05) is 5.92 Å². The van der Waals surface area contributed by atoms with Gasteiger partial charge in [0.2, 0.25) is 5.91 Å². The second kappa shape index (κ2) is 7.86. The fraction of sp³-hybridized carbons (Fsp3) is 0.500. The number of amides is 1. The van der Waals surface area contributed by atoms with E-state index < -0.39 is 0 Å². The normalized spacial score (nSPS) is 15.1. The largest absolute Gasteiger partial charge is 0.385 e. The highest BCUT2D eigenvalue weighted by molar-refractivity contribution is 5.73. The van der Waals surface area contributed by atoms with Crippen molar-refractivity contribution in [2.45, 2.75) is 27.3 Å². The number of hydrogen-bond donors (Lipinski definition) is 1. The van der Waals surface area contributed by atoms with Crippen LogP contribution in [0, 0.1) is 11.8 Å². The lowest BCUT2D eigenvalue weighted by atomic mass is 10.1. The average Bonchev–Trinajstić information content (AvgIpc) is 2.51. The van der Waals surface area contributed by atoms with Crippen molar-refractivity contribution in [3.05, 3.63) is 29.3 Å². The highest BCUT2D eigenvalue weighted by atomic mass is 16.2. The SMILES string of the molecule is CC#Cc1ccc(NCC)c(CN2CCN(C(C)=O)CC2)c1. The highest BCUT2D eigenvalue weighted by Gasteiger charge is 2.19. The van der Waals surface area contributed by atoms with E-state index in [2.05, 4.69) is 47.2 Å². The van der Waals surface area contributed by atoms with Crippen molar-refractivity contribution in [1.82, 2.24) is 9.80 Å². The van der Waals surface area contributed by atoms with Crippen molar-refractivity contribution >= 4 is 11.6 Å². The van der Waals surface area contributed by atoms with Crippen LogP contribution in [0.2, 0.25) is 0 Å². The summed E-state index contributed by atoms with van der Waals surface area (Å²) in [5.41, 5.74) is 3.51. The fourth-order valence-electron chi connectivity index (χ4n) is 2.77. The lowest BCUT2D eigenvalue weighted by Gasteiger charge is -2.34. The van der Waals surface area contributed by atoms with Gasteiger partial charge in [0.25, 0.3) is 0 Å². The molecule has 4 nitrogen and oxygen atoms in total. The summed E-state index contributed by atoms with van der Waals surface area (Å²) in [7, 11) is 0. The van der Waals surface area contributed by atoms with E-state index in [1.54, 1.807) is 6.92 Å². The molecule has 1 aliphatic rings. The zero-order valence-corrected chi connectivity index (χ0v) is 13.8. The van der Waals surface area contributed by atoms with E-state index in [4.69, 9.17) is 0 Å². The standard InChI is InChI=1S/C18H25N3O/c1-4-6-16-7-8-18(19-5-2)17(13-16)14-20-9-11-21(12-10-20)15(3)22/h7-8,13,19H,5,9-12,14H2,1-3H3. The van der Waals surface area contributed by atoms with Gasteiger partial charge in [-0.3, -0.25) is 9.69 Å². The van der Waals surface area contributed by atoms with Gasteiger partial charge in [-0.25, -0.2) is 0 Å². The Morgan fingerprint density at radius 2 is 2.00 bits per heavy atom. The summed E-state index contributed by atoms with van der Waals surface area (Å²) in [6.07, 6.45) is 0. The Bertz CT molecular complexity index is 578. The summed E-state index contributed by atoms with van der Waals surface area (Å²) in [6, 6.07) is 6.35. The van der Waals surface area contributed by atoms with E-state index in [1.165, 1.54) is 11.3 Å². The second-order valence-electron chi connectivity index (χ2n) is 5.56. The summed E-state index contributed by atoms with van der Waals surface area (Å²) in [4.78, 5) is 15.7. The maximum absolute atomic E-state index is 11.4. The van der Waals surface area contributed by atoms with Crippen LogP contribution in [0.25, 0.3) is 0 Å². The molecule has 0 aromatic heterocycles. The fourth-order valence-corrected chi connectivity index (χ4v) is 2.77. The molecule has 0 radical (unpaired) electrons. The zero-order valence-electron chi connectivity index (χ0n) is 13.8. The molecule has 0 atom stereocenters. The maximum atomic E-state index is 11.4. The minimum atomic E-state index is 0.174. The number of nitrogens with zero attached hydrogens (tertiary/aromatic N) is 2. The third-order valence-corrected chi connectivity index (χ3v) is 3.95. The molecule has 1 aliphatic heterocycles. The lowest BCUT2D eigenvalue weighted by molar-refractivity contribution is -0.130. The van der Waals surface area contributed by atoms with Gasteiger partial charge in [-0.05, 0) is 37.6 Å². The molecule has 1 fully saturated rings. The second-order valence-corrected chi connectivity index (χ2v) is 5.56. The molecule has 1 amide bonds. The van der Waals surface area contributed by atoms with Crippen LogP contribution >= 0.6 is 0 Å². The van der Waals surface area contributed by atoms with Crippen LogP contribution in [-0.2, 0) is 11.3 Å².